The molecule has 0 aliphatic heterocycles. The van der Waals surface area contributed by atoms with Crippen molar-refractivity contribution < 1.29 is 4.74 Å². The summed E-state index contributed by atoms with van der Waals surface area (Å²) in [6, 6.07) is 3.31. The number of unbranched alkanes of at least 4 members (excludes halogenated alkanes) is 9. The summed E-state index contributed by atoms with van der Waals surface area (Å²) in [6.45, 7) is 2.91. The first-order valence-electron chi connectivity index (χ1n) is 8.42. The molecule has 1 rings (SSSR count). The quantitative estimate of drug-likeness (QED) is 0.341. The van der Waals surface area contributed by atoms with Gasteiger partial charge in [0.2, 0.25) is 0 Å². The first-order valence-corrected chi connectivity index (χ1v) is 9.56. The highest BCUT2D eigenvalue weighted by molar-refractivity contribution is 6.40. The zero-order valence-corrected chi connectivity index (χ0v) is 15.7. The molecule has 0 atom stereocenters. The van der Waals surface area contributed by atoms with Crippen LogP contribution in [-0.2, 0) is 0 Å². The number of ether oxygens (including phenoxy) is 1. The summed E-state index contributed by atoms with van der Waals surface area (Å²) in [5.74, 6) is 0.545. The normalized spacial score (nSPS) is 10.9. The molecule has 0 bridgehead atoms. The summed E-state index contributed by atoms with van der Waals surface area (Å²) in [5.41, 5.74) is 0. The molecule has 0 heterocycles. The molecule has 0 aliphatic carbocycles. The molecule has 0 saturated heterocycles. The smallest absolute Gasteiger partial charge is 0.156 e. The van der Waals surface area contributed by atoms with Gasteiger partial charge in [0, 0.05) is 5.02 Å². The van der Waals surface area contributed by atoms with Gasteiger partial charge in [0.25, 0.3) is 0 Å². The topological polar surface area (TPSA) is 9.23 Å². The molecular weight excluding hydrogens is 339 g/mol. The van der Waals surface area contributed by atoms with Crippen molar-refractivity contribution in [2.75, 3.05) is 6.61 Å². The van der Waals surface area contributed by atoms with Gasteiger partial charge in [0.15, 0.2) is 5.75 Å². The summed E-state index contributed by atoms with van der Waals surface area (Å²) in [5, 5.41) is 1.48. The third-order valence-corrected chi connectivity index (χ3v) is 4.49. The van der Waals surface area contributed by atoms with Gasteiger partial charge in [-0.3, -0.25) is 0 Å². The van der Waals surface area contributed by atoms with Crippen molar-refractivity contribution in [3.8, 4) is 5.75 Å². The van der Waals surface area contributed by atoms with Gasteiger partial charge in [-0.25, -0.2) is 0 Å². The van der Waals surface area contributed by atoms with Crippen LogP contribution in [0.25, 0.3) is 0 Å². The van der Waals surface area contributed by atoms with E-state index in [1.807, 2.05) is 0 Å². The van der Waals surface area contributed by atoms with Crippen molar-refractivity contribution in [1.29, 1.82) is 0 Å². The Morgan fingerprint density at radius 2 is 1.18 bits per heavy atom. The third-order valence-electron chi connectivity index (χ3n) is 3.71. The van der Waals surface area contributed by atoms with Crippen LogP contribution in [0.2, 0.25) is 15.1 Å². The summed E-state index contributed by atoms with van der Waals surface area (Å²) < 4.78 is 5.67. The van der Waals surface area contributed by atoms with E-state index in [0.717, 1.165) is 6.42 Å². The Hall–Kier alpha value is -0.110. The summed E-state index contributed by atoms with van der Waals surface area (Å²) in [6.07, 6.45) is 13.1. The van der Waals surface area contributed by atoms with Crippen molar-refractivity contribution in [3.63, 3.8) is 0 Å². The minimum absolute atomic E-state index is 0.476. The first-order chi connectivity index (χ1) is 10.6. The van der Waals surface area contributed by atoms with E-state index in [0.29, 0.717) is 27.4 Å². The average molecular weight is 366 g/mol. The second-order valence-electron chi connectivity index (χ2n) is 5.73. The minimum Gasteiger partial charge on any atom is -0.490 e. The Balaban J connectivity index is 2.02. The second kappa shape index (κ2) is 12.3. The molecule has 0 unspecified atom stereocenters. The maximum Gasteiger partial charge on any atom is 0.156 e. The fraction of sp³-hybridized carbons (Fsp3) is 0.667. The molecule has 1 aromatic carbocycles. The van der Waals surface area contributed by atoms with Gasteiger partial charge in [-0.05, 0) is 18.6 Å². The molecule has 1 nitrogen and oxygen atoms in total. The molecule has 0 N–H and O–H groups in total. The number of hydrogen-bond donors (Lipinski definition) is 0. The molecule has 0 spiro atoms. The van der Waals surface area contributed by atoms with E-state index in [1.54, 1.807) is 12.1 Å². The van der Waals surface area contributed by atoms with Gasteiger partial charge in [-0.2, -0.15) is 0 Å². The van der Waals surface area contributed by atoms with Gasteiger partial charge in [-0.1, -0.05) is 99.5 Å². The zero-order valence-electron chi connectivity index (χ0n) is 13.5. The maximum absolute atomic E-state index is 6.07. The highest BCUT2D eigenvalue weighted by Crippen LogP contribution is 2.35. The lowest BCUT2D eigenvalue weighted by molar-refractivity contribution is 0.304. The Kier molecular flexibility index (Phi) is 11.2. The predicted molar refractivity (Wildman–Crippen MR) is 98.8 cm³/mol. The van der Waals surface area contributed by atoms with Crippen LogP contribution in [0.15, 0.2) is 12.1 Å². The summed E-state index contributed by atoms with van der Waals surface area (Å²) in [4.78, 5) is 0. The molecule has 0 radical (unpaired) electrons. The average Bonchev–Trinajstić information content (AvgIpc) is 2.46. The molecule has 0 amide bonds. The number of benzene rings is 1. The van der Waals surface area contributed by atoms with Crippen LogP contribution in [0.4, 0.5) is 0 Å². The van der Waals surface area contributed by atoms with E-state index in [9.17, 15) is 0 Å². The van der Waals surface area contributed by atoms with Crippen LogP contribution in [-0.4, -0.2) is 6.61 Å². The van der Waals surface area contributed by atoms with Crippen LogP contribution >= 0.6 is 34.8 Å². The Bertz CT molecular complexity index is 398. The second-order valence-corrected chi connectivity index (χ2v) is 6.98. The van der Waals surface area contributed by atoms with Gasteiger partial charge in [0.1, 0.15) is 0 Å². The van der Waals surface area contributed by atoms with E-state index < -0.39 is 0 Å². The Labute approximate surface area is 150 Å². The van der Waals surface area contributed by atoms with Crippen LogP contribution in [0.5, 0.6) is 5.75 Å². The molecule has 4 heteroatoms. The fourth-order valence-corrected chi connectivity index (χ4v) is 3.36. The van der Waals surface area contributed by atoms with Crippen molar-refractivity contribution >= 4 is 34.8 Å². The molecule has 22 heavy (non-hydrogen) atoms. The van der Waals surface area contributed by atoms with Crippen molar-refractivity contribution in [2.45, 2.75) is 71.1 Å². The highest BCUT2D eigenvalue weighted by atomic mass is 35.5. The number of halogens is 3. The molecule has 126 valence electrons. The van der Waals surface area contributed by atoms with E-state index in [4.69, 9.17) is 39.5 Å². The minimum atomic E-state index is 0.476. The van der Waals surface area contributed by atoms with E-state index in [-0.39, 0.29) is 0 Å². The number of rotatable bonds is 12. The van der Waals surface area contributed by atoms with Gasteiger partial charge < -0.3 is 4.74 Å². The monoisotopic (exact) mass is 364 g/mol. The predicted octanol–water partition coefficient (Wildman–Crippen LogP) is 7.95. The van der Waals surface area contributed by atoms with Crippen molar-refractivity contribution in [1.82, 2.24) is 0 Å². The van der Waals surface area contributed by atoms with E-state index in [1.165, 1.54) is 57.8 Å². The number of hydrogen-bond acceptors (Lipinski definition) is 1. The highest BCUT2D eigenvalue weighted by Gasteiger charge is 2.08. The van der Waals surface area contributed by atoms with Crippen LogP contribution in [0.3, 0.4) is 0 Å². The van der Waals surface area contributed by atoms with Crippen LogP contribution in [0, 0.1) is 0 Å². The standard InChI is InChI=1S/C18H27Cl3O/c1-2-3-4-5-6-7-8-9-10-11-12-22-18-16(20)13-15(19)14-17(18)21/h13-14H,2-12H2,1H3. The Morgan fingerprint density at radius 3 is 1.68 bits per heavy atom. The molecule has 0 fully saturated rings. The third kappa shape index (κ3) is 8.50. The van der Waals surface area contributed by atoms with Crippen molar-refractivity contribution in [2.24, 2.45) is 0 Å². The van der Waals surface area contributed by atoms with Gasteiger partial charge >= 0.3 is 0 Å². The van der Waals surface area contributed by atoms with Crippen LogP contribution < -0.4 is 4.74 Å². The van der Waals surface area contributed by atoms with Gasteiger partial charge in [-0.15, -0.1) is 0 Å². The summed E-state index contributed by atoms with van der Waals surface area (Å²) in [7, 11) is 0. The molecule has 0 aromatic heterocycles. The molecule has 1 aromatic rings. The largest absolute Gasteiger partial charge is 0.490 e. The molecule has 0 aliphatic rings. The lowest BCUT2D eigenvalue weighted by Gasteiger charge is -2.10. The van der Waals surface area contributed by atoms with E-state index in [2.05, 4.69) is 6.92 Å². The lowest BCUT2D eigenvalue weighted by Crippen LogP contribution is -1.98. The van der Waals surface area contributed by atoms with Gasteiger partial charge in [0.05, 0.1) is 16.7 Å². The van der Waals surface area contributed by atoms with E-state index >= 15 is 0 Å². The Morgan fingerprint density at radius 1 is 0.727 bits per heavy atom. The zero-order chi connectivity index (χ0) is 16.2. The lowest BCUT2D eigenvalue weighted by atomic mass is 10.1. The van der Waals surface area contributed by atoms with Crippen LogP contribution in [0.1, 0.15) is 71.1 Å². The molecular formula is C18H27Cl3O. The fourth-order valence-electron chi connectivity index (χ4n) is 2.43. The molecule has 0 saturated carbocycles. The summed E-state index contributed by atoms with van der Waals surface area (Å²) >= 11 is 18.0. The van der Waals surface area contributed by atoms with Crippen molar-refractivity contribution in [3.05, 3.63) is 27.2 Å². The SMILES string of the molecule is CCCCCCCCCCCCOc1c(Cl)cc(Cl)cc1Cl. The maximum atomic E-state index is 6.07. The first kappa shape index (κ1) is 19.9.